The average molecular weight is 441 g/mol. The summed E-state index contributed by atoms with van der Waals surface area (Å²) in [5.74, 6) is 1.47. The Bertz CT molecular complexity index is 587. The highest BCUT2D eigenvalue weighted by molar-refractivity contribution is 5.18. The third-order valence-corrected chi connectivity index (χ3v) is 7.28. The SMILES string of the molecule is CCC(OC)C(C)C1CC1C(O)C(C)/C=C/C=C(\C)C1OC(OC)C(OC)CC1OC. The number of hydrogen-bond donors (Lipinski definition) is 1. The molecule has 0 aromatic carbocycles. The first kappa shape index (κ1) is 26.5. The molecular formula is C25H44O6. The highest BCUT2D eigenvalue weighted by atomic mass is 16.7. The summed E-state index contributed by atoms with van der Waals surface area (Å²) < 4.78 is 28.3. The maximum atomic E-state index is 10.8. The van der Waals surface area contributed by atoms with Crippen LogP contribution in [0.25, 0.3) is 0 Å². The molecule has 0 bridgehead atoms. The van der Waals surface area contributed by atoms with Crippen LogP contribution in [0.3, 0.4) is 0 Å². The third-order valence-electron chi connectivity index (χ3n) is 7.28. The molecule has 10 unspecified atom stereocenters. The van der Waals surface area contributed by atoms with Gasteiger partial charge in [-0.25, -0.2) is 0 Å². The first-order valence-corrected chi connectivity index (χ1v) is 11.6. The van der Waals surface area contributed by atoms with Crippen LogP contribution in [-0.4, -0.2) is 70.4 Å². The van der Waals surface area contributed by atoms with Crippen LogP contribution in [0.1, 0.15) is 47.0 Å². The fraction of sp³-hybridized carbons (Fsp3) is 0.840. The molecule has 0 radical (unpaired) electrons. The molecule has 2 rings (SSSR count). The Kier molecular flexibility index (Phi) is 10.7. The van der Waals surface area contributed by atoms with Crippen LogP contribution in [0.15, 0.2) is 23.8 Å². The first-order chi connectivity index (χ1) is 14.8. The molecule has 1 heterocycles. The molecule has 0 amide bonds. The first-order valence-electron chi connectivity index (χ1n) is 11.6. The molecule has 6 heteroatoms. The normalized spacial score (nSPS) is 35.7. The van der Waals surface area contributed by atoms with Crippen molar-refractivity contribution in [3.05, 3.63) is 23.8 Å². The summed E-state index contributed by atoms with van der Waals surface area (Å²) in [7, 11) is 6.77. The number of methoxy groups -OCH3 is 4. The van der Waals surface area contributed by atoms with Crippen molar-refractivity contribution >= 4 is 0 Å². The van der Waals surface area contributed by atoms with E-state index >= 15 is 0 Å². The van der Waals surface area contributed by atoms with Gasteiger partial charge in [-0.15, -0.1) is 0 Å². The van der Waals surface area contributed by atoms with Crippen molar-refractivity contribution in [2.24, 2.45) is 23.7 Å². The van der Waals surface area contributed by atoms with Crippen LogP contribution in [0.4, 0.5) is 0 Å². The van der Waals surface area contributed by atoms with Crippen LogP contribution < -0.4 is 0 Å². The van der Waals surface area contributed by atoms with E-state index in [1.807, 2.05) is 19.1 Å². The van der Waals surface area contributed by atoms with Gasteiger partial charge in [-0.2, -0.15) is 0 Å². The van der Waals surface area contributed by atoms with E-state index in [9.17, 15) is 5.11 Å². The lowest BCUT2D eigenvalue weighted by Crippen LogP contribution is -2.49. The third kappa shape index (κ3) is 6.62. The maximum Gasteiger partial charge on any atom is 0.184 e. The van der Waals surface area contributed by atoms with Crippen molar-refractivity contribution in [1.82, 2.24) is 0 Å². The Labute approximate surface area is 188 Å². The molecule has 180 valence electrons. The van der Waals surface area contributed by atoms with Crippen molar-refractivity contribution in [3.63, 3.8) is 0 Å². The van der Waals surface area contributed by atoms with E-state index in [1.165, 1.54) is 0 Å². The van der Waals surface area contributed by atoms with Gasteiger partial charge in [-0.3, -0.25) is 0 Å². The summed E-state index contributed by atoms with van der Waals surface area (Å²) in [6, 6.07) is 0. The topological polar surface area (TPSA) is 66.4 Å². The number of aliphatic hydroxyl groups is 1. The second kappa shape index (κ2) is 12.5. The minimum Gasteiger partial charge on any atom is -0.392 e. The van der Waals surface area contributed by atoms with Crippen molar-refractivity contribution in [3.8, 4) is 0 Å². The van der Waals surface area contributed by atoms with Crippen molar-refractivity contribution < 1.29 is 28.8 Å². The number of hydrogen-bond acceptors (Lipinski definition) is 6. The quantitative estimate of drug-likeness (QED) is 0.463. The number of rotatable bonds is 12. The van der Waals surface area contributed by atoms with Gasteiger partial charge < -0.3 is 28.8 Å². The van der Waals surface area contributed by atoms with Gasteiger partial charge in [0.2, 0.25) is 0 Å². The van der Waals surface area contributed by atoms with Crippen LogP contribution in [0.2, 0.25) is 0 Å². The van der Waals surface area contributed by atoms with E-state index in [-0.39, 0.29) is 36.4 Å². The lowest BCUT2D eigenvalue weighted by Gasteiger charge is -2.39. The minimum atomic E-state index is -0.415. The van der Waals surface area contributed by atoms with E-state index < -0.39 is 6.29 Å². The maximum absolute atomic E-state index is 10.8. The van der Waals surface area contributed by atoms with Crippen LogP contribution in [0, 0.1) is 23.7 Å². The van der Waals surface area contributed by atoms with Gasteiger partial charge in [0.05, 0.1) is 18.3 Å². The zero-order valence-corrected chi connectivity index (χ0v) is 20.6. The molecular weight excluding hydrogens is 396 g/mol. The molecule has 1 saturated heterocycles. The molecule has 10 atom stereocenters. The molecule has 0 aromatic heterocycles. The summed E-state index contributed by atoms with van der Waals surface area (Å²) in [4.78, 5) is 0. The van der Waals surface area contributed by atoms with E-state index in [0.29, 0.717) is 24.2 Å². The van der Waals surface area contributed by atoms with Gasteiger partial charge in [-0.05, 0) is 43.1 Å². The van der Waals surface area contributed by atoms with E-state index in [2.05, 4.69) is 26.8 Å². The van der Waals surface area contributed by atoms with Gasteiger partial charge >= 0.3 is 0 Å². The standard InChI is InChI=1S/C25H44O6/c1-9-20(27-5)17(4)18-13-19(18)23(26)15(2)11-10-12-16(3)24-21(28-6)14-22(29-7)25(30-8)31-24/h10-12,15,17-26H,9,13-14H2,1-8H3/b11-10+,16-12+. The Hall–Kier alpha value is -0.760. The fourth-order valence-corrected chi connectivity index (χ4v) is 5.06. The van der Waals surface area contributed by atoms with E-state index in [1.54, 1.807) is 28.4 Å². The summed E-state index contributed by atoms with van der Waals surface area (Å²) in [6.45, 7) is 8.53. The zero-order chi connectivity index (χ0) is 23.1. The predicted molar refractivity (Wildman–Crippen MR) is 122 cm³/mol. The Morgan fingerprint density at radius 1 is 1.03 bits per heavy atom. The summed E-state index contributed by atoms with van der Waals surface area (Å²) >= 11 is 0. The summed E-state index contributed by atoms with van der Waals surface area (Å²) in [5.41, 5.74) is 1.06. The van der Waals surface area contributed by atoms with Crippen LogP contribution in [-0.2, 0) is 23.7 Å². The predicted octanol–water partition coefficient (Wildman–Crippen LogP) is 3.97. The molecule has 1 aliphatic heterocycles. The van der Waals surface area contributed by atoms with Gasteiger partial charge in [0, 0.05) is 40.8 Å². The molecule has 0 aromatic rings. The molecule has 0 spiro atoms. The van der Waals surface area contributed by atoms with Crippen molar-refractivity contribution in [1.29, 1.82) is 0 Å². The van der Waals surface area contributed by atoms with Gasteiger partial charge in [-0.1, -0.05) is 39.0 Å². The Morgan fingerprint density at radius 2 is 1.71 bits per heavy atom. The highest BCUT2D eigenvalue weighted by Crippen LogP contribution is 2.49. The smallest absolute Gasteiger partial charge is 0.184 e. The second-order valence-corrected chi connectivity index (χ2v) is 9.20. The lowest BCUT2D eigenvalue weighted by atomic mass is 9.91. The fourth-order valence-electron chi connectivity index (χ4n) is 5.06. The lowest BCUT2D eigenvalue weighted by molar-refractivity contribution is -0.256. The van der Waals surface area contributed by atoms with Gasteiger partial charge in [0.25, 0.3) is 0 Å². The molecule has 6 nitrogen and oxygen atoms in total. The molecule has 1 saturated carbocycles. The van der Waals surface area contributed by atoms with Crippen molar-refractivity contribution in [2.45, 2.75) is 83.8 Å². The van der Waals surface area contributed by atoms with Gasteiger partial charge in [0.1, 0.15) is 12.2 Å². The molecule has 1 N–H and O–H groups in total. The largest absolute Gasteiger partial charge is 0.392 e. The van der Waals surface area contributed by atoms with Crippen LogP contribution in [0.5, 0.6) is 0 Å². The second-order valence-electron chi connectivity index (χ2n) is 9.20. The Morgan fingerprint density at radius 3 is 2.26 bits per heavy atom. The average Bonchev–Trinajstić information content (AvgIpc) is 3.58. The highest BCUT2D eigenvalue weighted by Gasteiger charge is 2.48. The van der Waals surface area contributed by atoms with E-state index in [0.717, 1.165) is 18.4 Å². The molecule has 1 aliphatic carbocycles. The van der Waals surface area contributed by atoms with Crippen molar-refractivity contribution in [2.75, 3.05) is 28.4 Å². The van der Waals surface area contributed by atoms with Gasteiger partial charge in [0.15, 0.2) is 6.29 Å². The summed E-state index contributed by atoms with van der Waals surface area (Å²) in [6.07, 6.45) is 8.05. The Balaban J connectivity index is 1.93. The number of aliphatic hydroxyl groups excluding tert-OH is 1. The monoisotopic (exact) mass is 440 g/mol. The number of allylic oxidation sites excluding steroid dienone is 2. The zero-order valence-electron chi connectivity index (χ0n) is 20.6. The molecule has 2 aliphatic rings. The van der Waals surface area contributed by atoms with E-state index in [4.69, 9.17) is 23.7 Å². The molecule has 2 fully saturated rings. The minimum absolute atomic E-state index is 0.0870. The van der Waals surface area contributed by atoms with Crippen LogP contribution >= 0.6 is 0 Å². The molecule has 31 heavy (non-hydrogen) atoms. The number of ether oxygens (including phenoxy) is 5. The summed E-state index contributed by atoms with van der Waals surface area (Å²) in [5, 5.41) is 10.8.